The topological polar surface area (TPSA) is 69.3 Å². The Hall–Kier alpha value is -2.77. The van der Waals surface area contributed by atoms with E-state index in [0.29, 0.717) is 35.9 Å². The molecule has 1 saturated heterocycles. The SMILES string of the molecule is COc1ccc(F)cc1-c1ncnc2[nH]c(C3=CCC4(CC3)OCCO4)cc12. The molecular weight excluding hydrogens is 361 g/mol. The maximum Gasteiger partial charge on any atom is 0.172 e. The van der Waals surface area contributed by atoms with Gasteiger partial charge < -0.3 is 19.2 Å². The van der Waals surface area contributed by atoms with Crippen molar-refractivity contribution in [3.63, 3.8) is 0 Å². The summed E-state index contributed by atoms with van der Waals surface area (Å²) in [5, 5.41) is 0.830. The number of ether oxygens (including phenoxy) is 3. The van der Waals surface area contributed by atoms with Gasteiger partial charge in [0.2, 0.25) is 0 Å². The first-order valence-electron chi connectivity index (χ1n) is 9.32. The average Bonchev–Trinajstić information content (AvgIpc) is 3.35. The number of H-pyrrole nitrogens is 1. The van der Waals surface area contributed by atoms with Crippen LogP contribution in [0.5, 0.6) is 5.75 Å². The lowest BCUT2D eigenvalue weighted by atomic mass is 9.92. The number of nitrogens with one attached hydrogen (secondary N) is 1. The van der Waals surface area contributed by atoms with Crippen molar-refractivity contribution in [3.05, 3.63) is 48.2 Å². The van der Waals surface area contributed by atoms with Crippen molar-refractivity contribution in [3.8, 4) is 17.0 Å². The summed E-state index contributed by atoms with van der Waals surface area (Å²) in [5.74, 6) is -0.219. The third kappa shape index (κ3) is 2.87. The molecule has 1 aliphatic carbocycles. The Kier molecular flexibility index (Phi) is 4.14. The molecule has 3 aromatic rings. The van der Waals surface area contributed by atoms with Crippen molar-refractivity contribution in [2.75, 3.05) is 20.3 Å². The van der Waals surface area contributed by atoms with Crippen LogP contribution in [0.15, 0.2) is 36.7 Å². The van der Waals surface area contributed by atoms with Gasteiger partial charge in [-0.25, -0.2) is 14.4 Å². The molecule has 2 aromatic heterocycles. The minimum absolute atomic E-state index is 0.338. The summed E-state index contributed by atoms with van der Waals surface area (Å²) in [6.07, 6.45) is 6.04. The molecule has 2 aliphatic rings. The van der Waals surface area contributed by atoms with Crippen LogP contribution in [0.4, 0.5) is 4.39 Å². The quantitative estimate of drug-likeness (QED) is 0.740. The van der Waals surface area contributed by atoms with Crippen LogP contribution in [0.2, 0.25) is 0 Å². The van der Waals surface area contributed by atoms with Crippen LogP contribution in [0.25, 0.3) is 27.9 Å². The number of allylic oxidation sites excluding steroid dienone is 1. The minimum atomic E-state index is -0.449. The molecule has 144 valence electrons. The van der Waals surface area contributed by atoms with Gasteiger partial charge in [-0.05, 0) is 36.3 Å². The predicted octanol–water partition coefficient (Wildman–Crippen LogP) is 4.08. The van der Waals surface area contributed by atoms with Crippen molar-refractivity contribution < 1.29 is 18.6 Å². The second-order valence-electron chi connectivity index (χ2n) is 7.05. The van der Waals surface area contributed by atoms with Gasteiger partial charge in [-0.2, -0.15) is 0 Å². The molecule has 0 saturated carbocycles. The van der Waals surface area contributed by atoms with Crippen LogP contribution in [-0.4, -0.2) is 41.1 Å². The first kappa shape index (κ1) is 17.3. The molecule has 1 spiro atoms. The van der Waals surface area contributed by atoms with Crippen molar-refractivity contribution in [1.82, 2.24) is 15.0 Å². The molecule has 3 heterocycles. The van der Waals surface area contributed by atoms with Crippen molar-refractivity contribution in [2.24, 2.45) is 0 Å². The molecule has 7 heteroatoms. The zero-order valence-corrected chi connectivity index (χ0v) is 15.5. The third-order valence-corrected chi connectivity index (χ3v) is 5.44. The van der Waals surface area contributed by atoms with E-state index in [2.05, 4.69) is 21.0 Å². The van der Waals surface area contributed by atoms with E-state index in [1.54, 1.807) is 13.2 Å². The van der Waals surface area contributed by atoms with E-state index in [9.17, 15) is 4.39 Å². The molecule has 6 nitrogen and oxygen atoms in total. The highest BCUT2D eigenvalue weighted by Crippen LogP contribution is 2.40. The molecule has 1 aliphatic heterocycles. The summed E-state index contributed by atoms with van der Waals surface area (Å²) in [7, 11) is 1.56. The maximum absolute atomic E-state index is 13.9. The third-order valence-electron chi connectivity index (χ3n) is 5.44. The number of benzene rings is 1. The highest BCUT2D eigenvalue weighted by molar-refractivity contribution is 5.94. The molecule has 1 fully saturated rings. The van der Waals surface area contributed by atoms with Crippen LogP contribution in [0.1, 0.15) is 25.0 Å². The van der Waals surface area contributed by atoms with E-state index < -0.39 is 5.79 Å². The number of aromatic amines is 1. The number of nitrogens with zero attached hydrogens (tertiary/aromatic N) is 2. The lowest BCUT2D eigenvalue weighted by molar-refractivity contribution is -0.159. The van der Waals surface area contributed by atoms with Gasteiger partial charge in [-0.1, -0.05) is 6.08 Å². The molecule has 0 unspecified atom stereocenters. The molecule has 0 bridgehead atoms. The fourth-order valence-corrected chi connectivity index (χ4v) is 4.00. The van der Waals surface area contributed by atoms with Gasteiger partial charge in [0.05, 0.1) is 26.0 Å². The summed E-state index contributed by atoms with van der Waals surface area (Å²) < 4.78 is 30.9. The van der Waals surface area contributed by atoms with E-state index in [-0.39, 0.29) is 5.82 Å². The van der Waals surface area contributed by atoms with Crippen LogP contribution < -0.4 is 4.74 Å². The van der Waals surface area contributed by atoms with Gasteiger partial charge in [0.15, 0.2) is 5.79 Å². The van der Waals surface area contributed by atoms with Gasteiger partial charge in [0.25, 0.3) is 0 Å². The largest absolute Gasteiger partial charge is 0.496 e. The first-order valence-corrected chi connectivity index (χ1v) is 9.32. The zero-order valence-electron chi connectivity index (χ0n) is 15.5. The molecule has 0 amide bonds. The fraction of sp³-hybridized carbons (Fsp3) is 0.333. The lowest BCUT2D eigenvalue weighted by Gasteiger charge is -2.30. The highest BCUT2D eigenvalue weighted by atomic mass is 19.1. The molecule has 1 aromatic carbocycles. The predicted molar refractivity (Wildman–Crippen MR) is 102 cm³/mol. The number of hydrogen-bond acceptors (Lipinski definition) is 5. The number of methoxy groups -OCH3 is 1. The number of halogens is 1. The van der Waals surface area contributed by atoms with E-state index in [0.717, 1.165) is 30.3 Å². The normalized spacial score (nSPS) is 18.6. The van der Waals surface area contributed by atoms with Gasteiger partial charge in [-0.3, -0.25) is 0 Å². The van der Waals surface area contributed by atoms with Gasteiger partial charge in [-0.15, -0.1) is 0 Å². The monoisotopic (exact) mass is 381 g/mol. The first-order chi connectivity index (χ1) is 13.7. The average molecular weight is 381 g/mol. The highest BCUT2D eigenvalue weighted by Gasteiger charge is 2.37. The zero-order chi connectivity index (χ0) is 19.1. The standard InChI is InChI=1S/C21H20FN3O3/c1-26-18-3-2-14(22)10-15(18)19-16-11-17(25-20(16)24-12-23-19)13-4-6-21(7-5-13)27-8-9-28-21/h2-4,10-12H,5-9H2,1H3,(H,23,24,25). The van der Waals surface area contributed by atoms with E-state index >= 15 is 0 Å². The van der Waals surface area contributed by atoms with Gasteiger partial charge >= 0.3 is 0 Å². The number of rotatable bonds is 3. The summed E-state index contributed by atoms with van der Waals surface area (Å²) in [6.45, 7) is 1.31. The van der Waals surface area contributed by atoms with E-state index in [4.69, 9.17) is 14.2 Å². The van der Waals surface area contributed by atoms with Crippen molar-refractivity contribution >= 4 is 16.6 Å². The number of aromatic nitrogens is 3. The van der Waals surface area contributed by atoms with E-state index in [1.807, 2.05) is 6.07 Å². The van der Waals surface area contributed by atoms with Crippen molar-refractivity contribution in [1.29, 1.82) is 0 Å². The second-order valence-corrected chi connectivity index (χ2v) is 7.05. The molecule has 5 rings (SSSR count). The Balaban J connectivity index is 1.55. The molecule has 28 heavy (non-hydrogen) atoms. The summed E-state index contributed by atoms with van der Waals surface area (Å²) in [4.78, 5) is 12.1. The van der Waals surface area contributed by atoms with Gasteiger partial charge in [0.1, 0.15) is 23.5 Å². The van der Waals surface area contributed by atoms with Crippen LogP contribution in [0.3, 0.4) is 0 Å². The Morgan fingerprint density at radius 1 is 1.18 bits per heavy atom. The van der Waals surface area contributed by atoms with Crippen LogP contribution in [0, 0.1) is 5.82 Å². The maximum atomic E-state index is 13.9. The van der Waals surface area contributed by atoms with Crippen LogP contribution >= 0.6 is 0 Å². The summed E-state index contributed by atoms with van der Waals surface area (Å²) in [6, 6.07) is 6.44. The Labute approximate surface area is 161 Å². The molecule has 1 N–H and O–H groups in total. The number of fused-ring (bicyclic) bond motifs is 1. The molecule has 0 atom stereocenters. The van der Waals surface area contributed by atoms with Crippen LogP contribution in [-0.2, 0) is 9.47 Å². The Morgan fingerprint density at radius 2 is 2.04 bits per heavy atom. The summed E-state index contributed by atoms with van der Waals surface area (Å²) in [5.41, 5.74) is 4.13. The smallest absolute Gasteiger partial charge is 0.172 e. The Morgan fingerprint density at radius 3 is 2.79 bits per heavy atom. The van der Waals surface area contributed by atoms with Gasteiger partial charge in [0, 0.05) is 29.5 Å². The lowest BCUT2D eigenvalue weighted by Crippen LogP contribution is -2.31. The van der Waals surface area contributed by atoms with Crippen molar-refractivity contribution in [2.45, 2.75) is 25.0 Å². The fourth-order valence-electron chi connectivity index (χ4n) is 4.00. The molecular formula is C21H20FN3O3. The second kappa shape index (κ2) is 6.68. The van der Waals surface area contributed by atoms with E-state index in [1.165, 1.54) is 24.0 Å². The minimum Gasteiger partial charge on any atom is -0.496 e. The number of hydrogen-bond donors (Lipinski definition) is 1. The summed E-state index contributed by atoms with van der Waals surface area (Å²) >= 11 is 0. The Bertz CT molecular complexity index is 1070. The molecule has 0 radical (unpaired) electrons.